The number of tetrazole rings is 1. The Kier molecular flexibility index (Phi) is 5.44. The largest absolute Gasteiger partial charge is 0.268 e. The zero-order chi connectivity index (χ0) is 20.4. The van der Waals surface area contributed by atoms with Gasteiger partial charge in [0.2, 0.25) is 0 Å². The summed E-state index contributed by atoms with van der Waals surface area (Å²) >= 11 is 1.47. The van der Waals surface area contributed by atoms with Crippen LogP contribution in [0, 0.1) is 13.8 Å². The summed E-state index contributed by atoms with van der Waals surface area (Å²) in [5.74, 6) is 1.30. The van der Waals surface area contributed by atoms with Crippen LogP contribution in [-0.2, 0) is 12.3 Å². The van der Waals surface area contributed by atoms with Gasteiger partial charge in [-0.25, -0.2) is 9.67 Å². The van der Waals surface area contributed by atoms with E-state index in [1.165, 1.54) is 11.8 Å². The monoisotopic (exact) mass is 406 g/mol. The van der Waals surface area contributed by atoms with Crippen LogP contribution in [0.3, 0.4) is 0 Å². The van der Waals surface area contributed by atoms with Crippen LogP contribution >= 0.6 is 11.8 Å². The van der Waals surface area contributed by atoms with E-state index in [2.05, 4.69) is 22.4 Å². The van der Waals surface area contributed by atoms with Crippen molar-refractivity contribution in [3.05, 3.63) is 69.8 Å². The van der Waals surface area contributed by atoms with Gasteiger partial charge in [0.1, 0.15) is 0 Å². The van der Waals surface area contributed by atoms with Crippen LogP contribution in [0.4, 0.5) is 0 Å². The standard InChI is InChI=1S/C21H22N6OS/c1-4-11-26-19(23-24-25-26)13-29-21-22-17-8-6-5-7-16(17)20(28)27(21)18-12-14(2)9-10-15(18)3/h5-10,12H,4,11,13H2,1-3H3. The molecule has 29 heavy (non-hydrogen) atoms. The highest BCUT2D eigenvalue weighted by Gasteiger charge is 2.16. The minimum absolute atomic E-state index is 0.0695. The molecule has 0 fully saturated rings. The molecule has 4 aromatic rings. The van der Waals surface area contributed by atoms with Gasteiger partial charge in [-0.2, -0.15) is 0 Å². The third-order valence-corrected chi connectivity index (χ3v) is 5.66. The van der Waals surface area contributed by atoms with Gasteiger partial charge in [-0.05, 0) is 60.0 Å². The molecular weight excluding hydrogens is 384 g/mol. The minimum atomic E-state index is -0.0695. The summed E-state index contributed by atoms with van der Waals surface area (Å²) in [4.78, 5) is 18.2. The first-order valence-electron chi connectivity index (χ1n) is 9.55. The van der Waals surface area contributed by atoms with Gasteiger partial charge < -0.3 is 0 Å². The van der Waals surface area contributed by atoms with Crippen molar-refractivity contribution < 1.29 is 0 Å². The van der Waals surface area contributed by atoms with E-state index in [4.69, 9.17) is 4.98 Å². The minimum Gasteiger partial charge on any atom is -0.268 e. The zero-order valence-corrected chi connectivity index (χ0v) is 17.5. The maximum Gasteiger partial charge on any atom is 0.266 e. The van der Waals surface area contributed by atoms with Crippen LogP contribution in [0.25, 0.3) is 16.6 Å². The van der Waals surface area contributed by atoms with Gasteiger partial charge >= 0.3 is 0 Å². The molecule has 8 heteroatoms. The molecule has 0 amide bonds. The van der Waals surface area contributed by atoms with Crippen molar-refractivity contribution in [1.82, 2.24) is 29.8 Å². The highest BCUT2D eigenvalue weighted by atomic mass is 32.2. The lowest BCUT2D eigenvalue weighted by Crippen LogP contribution is -2.22. The third kappa shape index (κ3) is 3.80. The maximum atomic E-state index is 13.4. The first kappa shape index (κ1) is 19.3. The third-order valence-electron chi connectivity index (χ3n) is 4.72. The van der Waals surface area contributed by atoms with E-state index >= 15 is 0 Å². The molecule has 2 aromatic carbocycles. The Morgan fingerprint density at radius 3 is 2.76 bits per heavy atom. The number of benzene rings is 2. The molecule has 0 aliphatic heterocycles. The summed E-state index contributed by atoms with van der Waals surface area (Å²) in [6, 6.07) is 13.6. The van der Waals surface area contributed by atoms with Crippen molar-refractivity contribution in [2.75, 3.05) is 0 Å². The molecule has 0 spiro atoms. The number of hydrogen-bond acceptors (Lipinski definition) is 6. The second kappa shape index (κ2) is 8.16. The Balaban J connectivity index is 1.84. The molecule has 2 aromatic heterocycles. The van der Waals surface area contributed by atoms with Gasteiger partial charge in [-0.3, -0.25) is 9.36 Å². The fourth-order valence-corrected chi connectivity index (χ4v) is 4.16. The Hall–Kier alpha value is -3.00. The lowest BCUT2D eigenvalue weighted by atomic mass is 10.1. The van der Waals surface area contributed by atoms with E-state index < -0.39 is 0 Å². The van der Waals surface area contributed by atoms with Crippen molar-refractivity contribution in [3.8, 4) is 5.69 Å². The normalized spacial score (nSPS) is 11.3. The fraction of sp³-hybridized carbons (Fsp3) is 0.286. The molecule has 0 saturated carbocycles. The Bertz CT molecular complexity index is 1230. The van der Waals surface area contributed by atoms with Gasteiger partial charge in [-0.1, -0.05) is 43.0 Å². The number of rotatable bonds is 6. The SMILES string of the molecule is CCCn1nnnc1CSc1nc2ccccc2c(=O)n1-c1cc(C)ccc1C. The lowest BCUT2D eigenvalue weighted by molar-refractivity contribution is 0.564. The van der Waals surface area contributed by atoms with Crippen molar-refractivity contribution in [2.24, 2.45) is 0 Å². The number of thioether (sulfide) groups is 1. The molecule has 4 rings (SSSR count). The highest BCUT2D eigenvalue weighted by molar-refractivity contribution is 7.98. The molecule has 2 heterocycles. The second-order valence-corrected chi connectivity index (χ2v) is 7.89. The van der Waals surface area contributed by atoms with Gasteiger partial charge in [0.25, 0.3) is 5.56 Å². The summed E-state index contributed by atoms with van der Waals surface area (Å²) in [6.07, 6.45) is 0.949. The van der Waals surface area contributed by atoms with Gasteiger partial charge in [0, 0.05) is 6.54 Å². The van der Waals surface area contributed by atoms with Crippen LogP contribution in [0.2, 0.25) is 0 Å². The van der Waals surface area contributed by atoms with Crippen LogP contribution in [0.1, 0.15) is 30.3 Å². The Morgan fingerprint density at radius 2 is 1.93 bits per heavy atom. The van der Waals surface area contributed by atoms with E-state index in [0.29, 0.717) is 21.8 Å². The van der Waals surface area contributed by atoms with E-state index in [1.807, 2.05) is 56.3 Å². The number of aromatic nitrogens is 6. The van der Waals surface area contributed by atoms with Crippen molar-refractivity contribution in [1.29, 1.82) is 0 Å². The summed E-state index contributed by atoms with van der Waals surface area (Å²) in [5.41, 5.74) is 3.58. The van der Waals surface area contributed by atoms with Gasteiger partial charge in [0.15, 0.2) is 11.0 Å². The summed E-state index contributed by atoms with van der Waals surface area (Å²) in [6.45, 7) is 6.88. The molecule has 0 saturated heterocycles. The molecule has 0 unspecified atom stereocenters. The summed E-state index contributed by atoms with van der Waals surface area (Å²) in [7, 11) is 0. The molecule has 7 nitrogen and oxygen atoms in total. The molecule has 0 N–H and O–H groups in total. The molecule has 0 bridgehead atoms. The van der Waals surface area contributed by atoms with E-state index in [0.717, 1.165) is 35.6 Å². The highest BCUT2D eigenvalue weighted by Crippen LogP contribution is 2.25. The predicted octanol–water partition coefficient (Wildman–Crippen LogP) is 3.69. The Morgan fingerprint density at radius 1 is 1.10 bits per heavy atom. The molecular formula is C21H22N6OS. The predicted molar refractivity (Wildman–Crippen MR) is 114 cm³/mol. The maximum absolute atomic E-state index is 13.4. The quantitative estimate of drug-likeness (QED) is 0.359. The average molecular weight is 407 g/mol. The molecule has 0 radical (unpaired) electrons. The lowest BCUT2D eigenvalue weighted by Gasteiger charge is -2.15. The summed E-state index contributed by atoms with van der Waals surface area (Å²) < 4.78 is 3.51. The molecule has 0 aliphatic carbocycles. The van der Waals surface area contributed by atoms with Gasteiger partial charge in [-0.15, -0.1) is 5.10 Å². The van der Waals surface area contributed by atoms with Crippen molar-refractivity contribution in [2.45, 2.75) is 44.6 Å². The first-order chi connectivity index (χ1) is 14.1. The van der Waals surface area contributed by atoms with E-state index in [1.54, 1.807) is 9.25 Å². The topological polar surface area (TPSA) is 78.5 Å². The van der Waals surface area contributed by atoms with Crippen LogP contribution in [-0.4, -0.2) is 29.8 Å². The summed E-state index contributed by atoms with van der Waals surface area (Å²) in [5, 5.41) is 13.2. The number of nitrogens with zero attached hydrogens (tertiary/aromatic N) is 6. The molecule has 0 atom stereocenters. The number of aryl methyl sites for hydroxylation is 3. The zero-order valence-electron chi connectivity index (χ0n) is 16.7. The number of hydrogen-bond donors (Lipinski definition) is 0. The molecule has 148 valence electrons. The second-order valence-electron chi connectivity index (χ2n) is 6.95. The Labute approximate surface area is 172 Å². The van der Waals surface area contributed by atoms with Crippen LogP contribution in [0.15, 0.2) is 52.4 Å². The molecule has 0 aliphatic rings. The number of fused-ring (bicyclic) bond motifs is 1. The van der Waals surface area contributed by atoms with E-state index in [9.17, 15) is 4.79 Å². The average Bonchev–Trinajstić information content (AvgIpc) is 3.16. The van der Waals surface area contributed by atoms with E-state index in [-0.39, 0.29) is 5.56 Å². The van der Waals surface area contributed by atoms with Crippen molar-refractivity contribution >= 4 is 22.7 Å². The van der Waals surface area contributed by atoms with Gasteiger partial charge in [0.05, 0.1) is 22.3 Å². The van der Waals surface area contributed by atoms with Crippen LogP contribution < -0.4 is 5.56 Å². The fourth-order valence-electron chi connectivity index (χ4n) is 3.22. The van der Waals surface area contributed by atoms with Crippen LogP contribution in [0.5, 0.6) is 0 Å². The number of para-hydroxylation sites is 1. The first-order valence-corrected chi connectivity index (χ1v) is 10.5. The smallest absolute Gasteiger partial charge is 0.266 e. The van der Waals surface area contributed by atoms with Crippen molar-refractivity contribution in [3.63, 3.8) is 0 Å².